The van der Waals surface area contributed by atoms with Crippen molar-refractivity contribution in [2.75, 3.05) is 7.11 Å². The summed E-state index contributed by atoms with van der Waals surface area (Å²) in [6.07, 6.45) is 0. The van der Waals surface area contributed by atoms with Crippen LogP contribution in [-0.2, 0) is 6.54 Å². The van der Waals surface area contributed by atoms with Crippen molar-refractivity contribution in [2.24, 2.45) is 0 Å². The van der Waals surface area contributed by atoms with Gasteiger partial charge in [-0.2, -0.15) is 5.10 Å². The van der Waals surface area contributed by atoms with Crippen LogP contribution in [0.4, 0.5) is 4.39 Å². The molecule has 0 radical (unpaired) electrons. The Morgan fingerprint density at radius 3 is 2.70 bits per heavy atom. The molecule has 1 amide bonds. The summed E-state index contributed by atoms with van der Waals surface area (Å²) in [6.45, 7) is 8.57. The number of rotatable bonds is 5. The number of nitrogens with one attached hydrogen (secondary N) is 1. The molecule has 2 rings (SSSR count). The fourth-order valence-electron chi connectivity index (χ4n) is 2.85. The molecule has 0 saturated heterocycles. The first-order chi connectivity index (χ1) is 10.9. The van der Waals surface area contributed by atoms with Crippen molar-refractivity contribution in [1.29, 1.82) is 0 Å². The maximum atomic E-state index is 13.4. The van der Waals surface area contributed by atoms with Gasteiger partial charge in [-0.15, -0.1) is 0 Å². The minimum atomic E-state index is -0.477. The van der Waals surface area contributed by atoms with Gasteiger partial charge in [0.1, 0.15) is 11.6 Å². The van der Waals surface area contributed by atoms with Gasteiger partial charge in [-0.1, -0.05) is 0 Å². The Morgan fingerprint density at radius 1 is 1.43 bits per heavy atom. The standard InChI is InChI=1S/C17H22FN3O2/c1-6-21-12(4)16(11(3)20-21)10(2)19-17(22)14-9-13(18)7-8-15(14)23-5/h7-10H,6H2,1-5H3,(H,19,22)/t10-/m1/s1. The van der Waals surface area contributed by atoms with Crippen molar-refractivity contribution in [2.45, 2.75) is 40.3 Å². The summed E-state index contributed by atoms with van der Waals surface area (Å²) in [6, 6.07) is 3.64. The van der Waals surface area contributed by atoms with Gasteiger partial charge in [-0.05, 0) is 45.9 Å². The molecular weight excluding hydrogens is 297 g/mol. The smallest absolute Gasteiger partial charge is 0.255 e. The highest BCUT2D eigenvalue weighted by Crippen LogP contribution is 2.24. The van der Waals surface area contributed by atoms with Gasteiger partial charge in [0, 0.05) is 17.8 Å². The van der Waals surface area contributed by atoms with E-state index in [1.165, 1.54) is 25.3 Å². The van der Waals surface area contributed by atoms with Crippen LogP contribution in [0.25, 0.3) is 0 Å². The molecule has 1 aromatic heterocycles. The van der Waals surface area contributed by atoms with E-state index in [2.05, 4.69) is 10.4 Å². The zero-order valence-corrected chi connectivity index (χ0v) is 14.1. The second-order valence-electron chi connectivity index (χ2n) is 5.44. The molecule has 6 heteroatoms. The van der Waals surface area contributed by atoms with Gasteiger partial charge in [0.15, 0.2) is 0 Å². The molecule has 0 unspecified atom stereocenters. The van der Waals surface area contributed by atoms with Crippen molar-refractivity contribution < 1.29 is 13.9 Å². The van der Waals surface area contributed by atoms with Crippen LogP contribution < -0.4 is 10.1 Å². The van der Waals surface area contributed by atoms with E-state index in [0.29, 0.717) is 5.75 Å². The third kappa shape index (κ3) is 3.36. The molecule has 0 aliphatic heterocycles. The highest BCUT2D eigenvalue weighted by Gasteiger charge is 2.21. The number of benzene rings is 1. The highest BCUT2D eigenvalue weighted by atomic mass is 19.1. The average Bonchev–Trinajstić information content (AvgIpc) is 2.81. The third-order valence-corrected chi connectivity index (χ3v) is 3.92. The number of aryl methyl sites for hydroxylation is 2. The van der Waals surface area contributed by atoms with Crippen LogP contribution in [0.15, 0.2) is 18.2 Å². The van der Waals surface area contributed by atoms with Gasteiger partial charge in [-0.3, -0.25) is 9.48 Å². The topological polar surface area (TPSA) is 56.2 Å². The summed E-state index contributed by atoms with van der Waals surface area (Å²) in [5.74, 6) is -0.513. The van der Waals surface area contributed by atoms with Crippen LogP contribution in [0.3, 0.4) is 0 Å². The molecular formula is C17H22FN3O2. The molecule has 0 aliphatic carbocycles. The second kappa shape index (κ2) is 6.81. The van der Waals surface area contributed by atoms with Crippen molar-refractivity contribution in [3.8, 4) is 5.75 Å². The maximum Gasteiger partial charge on any atom is 0.255 e. The molecule has 0 fully saturated rings. The quantitative estimate of drug-likeness (QED) is 0.921. The van der Waals surface area contributed by atoms with Gasteiger partial charge in [0.2, 0.25) is 0 Å². The predicted molar refractivity (Wildman–Crippen MR) is 86.2 cm³/mol. The molecule has 1 atom stereocenters. The van der Waals surface area contributed by atoms with Crippen molar-refractivity contribution in [3.63, 3.8) is 0 Å². The Labute approximate surface area is 135 Å². The number of halogens is 1. The summed E-state index contributed by atoms with van der Waals surface area (Å²) >= 11 is 0. The number of hydrogen-bond acceptors (Lipinski definition) is 3. The zero-order chi connectivity index (χ0) is 17.1. The molecule has 2 aromatic rings. The molecule has 0 spiro atoms. The van der Waals surface area contributed by atoms with E-state index in [1.54, 1.807) is 0 Å². The Bertz CT molecular complexity index is 725. The normalized spacial score (nSPS) is 12.1. The number of hydrogen-bond donors (Lipinski definition) is 1. The fraction of sp³-hybridized carbons (Fsp3) is 0.412. The molecule has 23 heavy (non-hydrogen) atoms. The highest BCUT2D eigenvalue weighted by molar-refractivity contribution is 5.97. The zero-order valence-electron chi connectivity index (χ0n) is 14.1. The number of amides is 1. The number of nitrogens with zero attached hydrogens (tertiary/aromatic N) is 2. The Morgan fingerprint density at radius 2 is 2.13 bits per heavy atom. The van der Waals surface area contributed by atoms with E-state index in [0.717, 1.165) is 23.5 Å². The summed E-state index contributed by atoms with van der Waals surface area (Å²) in [7, 11) is 1.45. The van der Waals surface area contributed by atoms with Gasteiger partial charge in [-0.25, -0.2) is 4.39 Å². The Hall–Kier alpha value is -2.37. The number of ether oxygens (including phenoxy) is 1. The van der Waals surface area contributed by atoms with Crippen molar-refractivity contribution >= 4 is 5.91 Å². The lowest BCUT2D eigenvalue weighted by Crippen LogP contribution is -2.28. The van der Waals surface area contributed by atoms with E-state index >= 15 is 0 Å². The summed E-state index contributed by atoms with van der Waals surface area (Å²) < 4.78 is 20.5. The SMILES string of the molecule is CCn1nc(C)c([C@@H](C)NC(=O)c2cc(F)ccc2OC)c1C. The molecule has 124 valence electrons. The second-order valence-corrected chi connectivity index (χ2v) is 5.44. The first-order valence-corrected chi connectivity index (χ1v) is 7.57. The average molecular weight is 319 g/mol. The lowest BCUT2D eigenvalue weighted by atomic mass is 10.1. The van der Waals surface area contributed by atoms with Gasteiger partial charge in [0.25, 0.3) is 5.91 Å². The Kier molecular flexibility index (Phi) is 5.03. The van der Waals surface area contributed by atoms with Crippen LogP contribution in [0.1, 0.15) is 47.2 Å². The van der Waals surface area contributed by atoms with Gasteiger partial charge in [0.05, 0.1) is 24.4 Å². The number of carbonyl (C=O) groups is 1. The largest absolute Gasteiger partial charge is 0.496 e. The van der Waals surface area contributed by atoms with E-state index in [9.17, 15) is 9.18 Å². The van der Waals surface area contributed by atoms with E-state index in [4.69, 9.17) is 4.74 Å². The summed E-state index contributed by atoms with van der Waals surface area (Å²) in [5.41, 5.74) is 3.06. The molecule has 0 aliphatic rings. The lowest BCUT2D eigenvalue weighted by molar-refractivity contribution is 0.0936. The van der Waals surface area contributed by atoms with E-state index in [1.807, 2.05) is 32.4 Å². The third-order valence-electron chi connectivity index (χ3n) is 3.92. The van der Waals surface area contributed by atoms with Gasteiger partial charge < -0.3 is 10.1 Å². The molecule has 0 saturated carbocycles. The maximum absolute atomic E-state index is 13.4. The summed E-state index contributed by atoms with van der Waals surface area (Å²) in [4.78, 5) is 12.5. The first-order valence-electron chi connectivity index (χ1n) is 7.57. The molecule has 5 nitrogen and oxygen atoms in total. The van der Waals surface area contributed by atoms with E-state index < -0.39 is 5.82 Å². The number of aromatic nitrogens is 2. The lowest BCUT2D eigenvalue weighted by Gasteiger charge is -2.16. The summed E-state index contributed by atoms with van der Waals surface area (Å²) in [5, 5.41) is 7.35. The van der Waals surface area contributed by atoms with Crippen LogP contribution in [0, 0.1) is 19.7 Å². The van der Waals surface area contributed by atoms with Crippen LogP contribution in [0.2, 0.25) is 0 Å². The number of methoxy groups -OCH3 is 1. The van der Waals surface area contributed by atoms with E-state index in [-0.39, 0.29) is 17.5 Å². The fourth-order valence-corrected chi connectivity index (χ4v) is 2.85. The predicted octanol–water partition coefficient (Wildman–Crippen LogP) is 3.16. The molecule has 0 bridgehead atoms. The monoisotopic (exact) mass is 319 g/mol. The van der Waals surface area contributed by atoms with Gasteiger partial charge >= 0.3 is 0 Å². The number of carbonyl (C=O) groups excluding carboxylic acids is 1. The molecule has 1 aromatic carbocycles. The molecule has 1 N–H and O–H groups in total. The van der Waals surface area contributed by atoms with Crippen LogP contribution in [0.5, 0.6) is 5.75 Å². The minimum absolute atomic E-state index is 0.178. The Balaban J connectivity index is 2.27. The first kappa shape index (κ1) is 17.0. The minimum Gasteiger partial charge on any atom is -0.496 e. The molecule has 1 heterocycles. The van der Waals surface area contributed by atoms with Crippen LogP contribution in [-0.4, -0.2) is 22.8 Å². The van der Waals surface area contributed by atoms with Crippen molar-refractivity contribution in [1.82, 2.24) is 15.1 Å². The van der Waals surface area contributed by atoms with Crippen molar-refractivity contribution in [3.05, 3.63) is 46.5 Å². The van der Waals surface area contributed by atoms with Crippen LogP contribution >= 0.6 is 0 Å².